The molecule has 0 saturated carbocycles. The van der Waals surface area contributed by atoms with Crippen molar-refractivity contribution in [2.45, 2.75) is 40.0 Å². The Morgan fingerprint density at radius 2 is 2.07 bits per heavy atom. The van der Waals surface area contributed by atoms with Crippen molar-refractivity contribution in [3.63, 3.8) is 0 Å². The van der Waals surface area contributed by atoms with Crippen molar-refractivity contribution < 1.29 is 4.79 Å². The number of carbonyl (C=O) groups excluding carboxylic acids is 1. The van der Waals surface area contributed by atoms with Crippen molar-refractivity contribution >= 4 is 5.91 Å². The molecule has 1 amide bonds. The Balaban J connectivity index is 2.65. The summed E-state index contributed by atoms with van der Waals surface area (Å²) in [7, 11) is 0. The molecular weight excluding hydrogens is 174 g/mol. The van der Waals surface area contributed by atoms with Gasteiger partial charge in [-0.1, -0.05) is 27.4 Å². The highest BCUT2D eigenvalue weighted by molar-refractivity contribution is 5.77. The summed E-state index contributed by atoms with van der Waals surface area (Å²) >= 11 is 0. The molecule has 1 atom stereocenters. The van der Waals surface area contributed by atoms with Gasteiger partial charge in [0.1, 0.15) is 0 Å². The van der Waals surface area contributed by atoms with Crippen LogP contribution in [0.15, 0.2) is 12.8 Å². The molecule has 14 heavy (non-hydrogen) atoms. The average molecular weight is 195 g/mol. The maximum Gasteiger partial charge on any atom is 0.226 e. The summed E-state index contributed by atoms with van der Waals surface area (Å²) in [6, 6.07) is 0. The summed E-state index contributed by atoms with van der Waals surface area (Å²) in [5, 5.41) is 0. The van der Waals surface area contributed by atoms with Gasteiger partial charge in [-0.15, -0.1) is 0 Å². The van der Waals surface area contributed by atoms with Crippen LogP contribution in [0.1, 0.15) is 40.0 Å². The molecule has 0 bridgehead atoms. The molecule has 1 rings (SSSR count). The van der Waals surface area contributed by atoms with Crippen molar-refractivity contribution in [1.82, 2.24) is 4.90 Å². The van der Waals surface area contributed by atoms with Crippen molar-refractivity contribution in [2.75, 3.05) is 6.54 Å². The van der Waals surface area contributed by atoms with Gasteiger partial charge in [-0.3, -0.25) is 4.79 Å². The fourth-order valence-electron chi connectivity index (χ4n) is 2.06. The molecule has 1 saturated heterocycles. The van der Waals surface area contributed by atoms with E-state index in [0.717, 1.165) is 19.4 Å². The molecule has 1 fully saturated rings. The van der Waals surface area contributed by atoms with Crippen molar-refractivity contribution in [3.05, 3.63) is 12.8 Å². The molecule has 0 N–H and O–H groups in total. The van der Waals surface area contributed by atoms with Gasteiger partial charge in [0.25, 0.3) is 0 Å². The lowest BCUT2D eigenvalue weighted by atomic mass is 9.77. The van der Waals surface area contributed by atoms with Crippen LogP contribution < -0.4 is 0 Å². The van der Waals surface area contributed by atoms with E-state index in [0.29, 0.717) is 17.8 Å². The van der Waals surface area contributed by atoms with Gasteiger partial charge in [0, 0.05) is 13.0 Å². The molecule has 1 unspecified atom stereocenters. The standard InChI is InChI=1S/C12H21NO/c1-5-13-9-8-10(12(2,3)4)6-7-11(13)14/h5,10H,1,6-9H2,2-4H3. The van der Waals surface area contributed by atoms with Gasteiger partial charge in [-0.25, -0.2) is 0 Å². The van der Waals surface area contributed by atoms with E-state index in [-0.39, 0.29) is 5.91 Å². The third-order valence-electron chi connectivity index (χ3n) is 3.19. The van der Waals surface area contributed by atoms with Crippen LogP contribution in [0.2, 0.25) is 0 Å². The molecule has 2 nitrogen and oxygen atoms in total. The predicted octanol–water partition coefficient (Wildman–Crippen LogP) is 2.80. The zero-order chi connectivity index (χ0) is 10.8. The number of rotatable bonds is 1. The number of hydrogen-bond acceptors (Lipinski definition) is 1. The summed E-state index contributed by atoms with van der Waals surface area (Å²) in [6.45, 7) is 11.3. The first-order valence-corrected chi connectivity index (χ1v) is 5.37. The van der Waals surface area contributed by atoms with Gasteiger partial charge in [0.2, 0.25) is 5.91 Å². The van der Waals surface area contributed by atoms with Crippen LogP contribution in [0, 0.1) is 11.3 Å². The molecular formula is C12H21NO. The Labute approximate surface area is 87.0 Å². The lowest BCUT2D eigenvalue weighted by molar-refractivity contribution is -0.128. The third kappa shape index (κ3) is 2.60. The van der Waals surface area contributed by atoms with E-state index in [2.05, 4.69) is 27.4 Å². The van der Waals surface area contributed by atoms with Crippen LogP contribution in [-0.2, 0) is 4.79 Å². The Hall–Kier alpha value is -0.790. The van der Waals surface area contributed by atoms with E-state index < -0.39 is 0 Å². The molecule has 80 valence electrons. The third-order valence-corrected chi connectivity index (χ3v) is 3.19. The fourth-order valence-corrected chi connectivity index (χ4v) is 2.06. The Morgan fingerprint density at radius 1 is 1.43 bits per heavy atom. The molecule has 0 aliphatic carbocycles. The summed E-state index contributed by atoms with van der Waals surface area (Å²) in [4.78, 5) is 13.3. The van der Waals surface area contributed by atoms with Gasteiger partial charge in [-0.2, -0.15) is 0 Å². The Kier molecular flexibility index (Phi) is 3.35. The van der Waals surface area contributed by atoms with Gasteiger partial charge in [-0.05, 0) is 30.4 Å². The molecule has 1 aliphatic rings. The van der Waals surface area contributed by atoms with Gasteiger partial charge >= 0.3 is 0 Å². The van der Waals surface area contributed by atoms with Crippen LogP contribution >= 0.6 is 0 Å². The minimum atomic E-state index is 0.228. The molecule has 0 radical (unpaired) electrons. The molecule has 0 spiro atoms. The summed E-state index contributed by atoms with van der Waals surface area (Å²) in [5.41, 5.74) is 0.317. The second-order valence-electron chi connectivity index (χ2n) is 5.16. The number of likely N-dealkylation sites (tertiary alicyclic amines) is 1. The van der Waals surface area contributed by atoms with E-state index in [1.165, 1.54) is 0 Å². The molecule has 0 aromatic carbocycles. The van der Waals surface area contributed by atoms with Crippen LogP contribution in [0.4, 0.5) is 0 Å². The molecule has 0 aromatic heterocycles. The summed E-state index contributed by atoms with van der Waals surface area (Å²) in [6.07, 6.45) is 4.45. The smallest absolute Gasteiger partial charge is 0.226 e. The topological polar surface area (TPSA) is 20.3 Å². The highest BCUT2D eigenvalue weighted by Crippen LogP contribution is 2.34. The lowest BCUT2D eigenvalue weighted by Crippen LogP contribution is -2.25. The van der Waals surface area contributed by atoms with Crippen molar-refractivity contribution in [3.8, 4) is 0 Å². The zero-order valence-corrected chi connectivity index (χ0v) is 9.55. The van der Waals surface area contributed by atoms with E-state index in [1.807, 2.05) is 0 Å². The van der Waals surface area contributed by atoms with Gasteiger partial charge in [0.05, 0.1) is 0 Å². The Bertz CT molecular complexity index is 227. The van der Waals surface area contributed by atoms with Crippen LogP contribution in [-0.4, -0.2) is 17.4 Å². The highest BCUT2D eigenvalue weighted by atomic mass is 16.2. The van der Waals surface area contributed by atoms with Crippen molar-refractivity contribution in [2.24, 2.45) is 11.3 Å². The number of hydrogen-bond donors (Lipinski definition) is 0. The average Bonchev–Trinajstić information content (AvgIpc) is 2.25. The number of nitrogens with zero attached hydrogens (tertiary/aromatic N) is 1. The second kappa shape index (κ2) is 4.16. The van der Waals surface area contributed by atoms with Crippen molar-refractivity contribution in [1.29, 1.82) is 0 Å². The van der Waals surface area contributed by atoms with E-state index in [9.17, 15) is 4.79 Å². The zero-order valence-electron chi connectivity index (χ0n) is 9.55. The maximum atomic E-state index is 11.6. The van der Waals surface area contributed by atoms with Gasteiger partial charge in [0.15, 0.2) is 0 Å². The molecule has 0 aromatic rings. The largest absolute Gasteiger partial charge is 0.320 e. The SMILES string of the molecule is C=CN1CCC(C(C)(C)C)CCC1=O. The summed E-state index contributed by atoms with van der Waals surface area (Å²) in [5.74, 6) is 0.878. The fraction of sp³-hybridized carbons (Fsp3) is 0.750. The highest BCUT2D eigenvalue weighted by Gasteiger charge is 2.28. The second-order valence-corrected chi connectivity index (χ2v) is 5.16. The number of amides is 1. The van der Waals surface area contributed by atoms with Crippen LogP contribution in [0.25, 0.3) is 0 Å². The first-order chi connectivity index (χ1) is 6.45. The first kappa shape index (κ1) is 11.3. The molecule has 1 aliphatic heterocycles. The van der Waals surface area contributed by atoms with Gasteiger partial charge < -0.3 is 4.90 Å². The van der Waals surface area contributed by atoms with E-state index in [4.69, 9.17) is 0 Å². The summed E-state index contributed by atoms with van der Waals surface area (Å²) < 4.78 is 0. The lowest BCUT2D eigenvalue weighted by Gasteiger charge is -2.29. The minimum Gasteiger partial charge on any atom is -0.320 e. The quantitative estimate of drug-likeness (QED) is 0.630. The maximum absolute atomic E-state index is 11.6. The minimum absolute atomic E-state index is 0.228. The predicted molar refractivity (Wildman–Crippen MR) is 58.7 cm³/mol. The van der Waals surface area contributed by atoms with Crippen LogP contribution in [0.5, 0.6) is 0 Å². The van der Waals surface area contributed by atoms with E-state index in [1.54, 1.807) is 11.1 Å². The first-order valence-electron chi connectivity index (χ1n) is 5.37. The van der Waals surface area contributed by atoms with Crippen LogP contribution in [0.3, 0.4) is 0 Å². The van der Waals surface area contributed by atoms with E-state index >= 15 is 0 Å². The Morgan fingerprint density at radius 3 is 2.57 bits per heavy atom. The number of carbonyl (C=O) groups is 1. The molecule has 1 heterocycles. The normalized spacial score (nSPS) is 24.6. The monoisotopic (exact) mass is 195 g/mol. The molecule has 2 heteroatoms.